The van der Waals surface area contributed by atoms with E-state index in [4.69, 9.17) is 11.1 Å². The van der Waals surface area contributed by atoms with E-state index < -0.39 is 0 Å². The normalized spacial score (nSPS) is 10.5. The Morgan fingerprint density at radius 1 is 1.26 bits per heavy atom. The van der Waals surface area contributed by atoms with Gasteiger partial charge in [-0.1, -0.05) is 0 Å². The van der Waals surface area contributed by atoms with E-state index in [0.717, 1.165) is 17.0 Å². The number of nitrogens with one attached hydrogen (secondary N) is 1. The second-order valence-corrected chi connectivity index (χ2v) is 5.04. The van der Waals surface area contributed by atoms with Gasteiger partial charge in [0, 0.05) is 11.9 Å². The van der Waals surface area contributed by atoms with Gasteiger partial charge in [0.15, 0.2) is 5.16 Å². The first-order valence-corrected chi connectivity index (χ1v) is 6.46. The minimum atomic E-state index is -0.0225. The minimum absolute atomic E-state index is 0.0225. The number of amidine groups is 1. The van der Waals surface area contributed by atoms with Crippen molar-refractivity contribution in [3.05, 3.63) is 34.8 Å². The van der Waals surface area contributed by atoms with Crippen molar-refractivity contribution in [2.24, 2.45) is 5.73 Å². The molecule has 0 atom stereocenters. The lowest BCUT2D eigenvalue weighted by atomic mass is 10.1. The summed E-state index contributed by atoms with van der Waals surface area (Å²) >= 11 is 1.26. The van der Waals surface area contributed by atoms with Crippen molar-refractivity contribution in [1.82, 2.24) is 20.2 Å². The third-order valence-corrected chi connectivity index (χ3v) is 3.51. The lowest BCUT2D eigenvalue weighted by molar-refractivity contribution is 0.862. The number of nitrogen functional groups attached to an aromatic ring is 1. The van der Waals surface area contributed by atoms with Crippen LogP contribution in [0.3, 0.4) is 0 Å². The molecule has 0 radical (unpaired) electrons. The second kappa shape index (κ2) is 5.31. The highest BCUT2D eigenvalue weighted by atomic mass is 32.2. The summed E-state index contributed by atoms with van der Waals surface area (Å²) in [6, 6.07) is 1.82. The van der Waals surface area contributed by atoms with Crippen molar-refractivity contribution in [2.45, 2.75) is 31.0 Å². The average molecular weight is 274 g/mol. The molecule has 3 N–H and O–H groups in total. The van der Waals surface area contributed by atoms with Crippen molar-refractivity contribution in [3.8, 4) is 0 Å². The monoisotopic (exact) mass is 274 g/mol. The molecule has 0 aliphatic rings. The van der Waals surface area contributed by atoms with Crippen molar-refractivity contribution < 1.29 is 0 Å². The molecule has 0 fully saturated rings. The number of hydrogen-bond donors (Lipinski definition) is 2. The van der Waals surface area contributed by atoms with E-state index in [0.29, 0.717) is 15.7 Å². The number of aryl methyl sites for hydroxylation is 2. The molecular weight excluding hydrogens is 260 g/mol. The largest absolute Gasteiger partial charge is 0.384 e. The van der Waals surface area contributed by atoms with Gasteiger partial charge in [-0.3, -0.25) is 5.41 Å². The smallest absolute Gasteiger partial charge is 0.194 e. The summed E-state index contributed by atoms with van der Waals surface area (Å²) in [6.45, 7) is 5.61. The highest BCUT2D eigenvalue weighted by Gasteiger charge is 2.16. The molecule has 0 saturated heterocycles. The Morgan fingerprint density at radius 2 is 2.00 bits per heavy atom. The van der Waals surface area contributed by atoms with Crippen LogP contribution < -0.4 is 5.73 Å². The van der Waals surface area contributed by atoms with Gasteiger partial charge >= 0.3 is 0 Å². The number of nitrogens with two attached hydrogens (primary N) is 1. The van der Waals surface area contributed by atoms with E-state index >= 15 is 0 Å². The van der Waals surface area contributed by atoms with Crippen molar-refractivity contribution >= 4 is 17.6 Å². The van der Waals surface area contributed by atoms with E-state index in [2.05, 4.69) is 20.2 Å². The average Bonchev–Trinajstić information content (AvgIpc) is 2.33. The maximum atomic E-state index is 7.68. The molecule has 0 aliphatic heterocycles. The molecule has 2 rings (SSSR count). The lowest BCUT2D eigenvalue weighted by Crippen LogP contribution is -2.17. The molecule has 0 aliphatic carbocycles. The molecule has 2 aromatic heterocycles. The van der Waals surface area contributed by atoms with Crippen LogP contribution in [0, 0.1) is 26.2 Å². The molecule has 7 heteroatoms. The first kappa shape index (κ1) is 13.4. The Morgan fingerprint density at radius 3 is 2.63 bits per heavy atom. The molecule has 0 unspecified atom stereocenters. The Balaban J connectivity index is 2.46. The zero-order valence-corrected chi connectivity index (χ0v) is 11.7. The highest BCUT2D eigenvalue weighted by molar-refractivity contribution is 7.99. The van der Waals surface area contributed by atoms with Gasteiger partial charge in [0.25, 0.3) is 0 Å². The van der Waals surface area contributed by atoms with Gasteiger partial charge in [0.05, 0.1) is 11.3 Å². The molecule has 0 amide bonds. The maximum absolute atomic E-state index is 7.68. The first-order chi connectivity index (χ1) is 8.99. The zero-order valence-electron chi connectivity index (χ0n) is 10.9. The Bertz CT molecular complexity index is 640. The summed E-state index contributed by atoms with van der Waals surface area (Å²) < 4.78 is 0. The molecule has 2 aromatic rings. The summed E-state index contributed by atoms with van der Waals surface area (Å²) in [5.41, 5.74) is 8.73. The van der Waals surface area contributed by atoms with Crippen LogP contribution in [-0.2, 0) is 0 Å². The van der Waals surface area contributed by atoms with Gasteiger partial charge < -0.3 is 5.73 Å². The van der Waals surface area contributed by atoms with Crippen LogP contribution in [0.4, 0.5) is 0 Å². The highest BCUT2D eigenvalue weighted by Crippen LogP contribution is 2.27. The Hall–Kier alpha value is -2.02. The SMILES string of the molecule is Cc1ccnc(Sc2nnc(C)c(C)c2C(=N)N)n1. The molecule has 0 spiro atoms. The molecule has 0 aromatic carbocycles. The summed E-state index contributed by atoms with van der Waals surface area (Å²) in [5.74, 6) is -0.0225. The second-order valence-electron chi connectivity index (χ2n) is 4.09. The third-order valence-electron chi connectivity index (χ3n) is 2.65. The van der Waals surface area contributed by atoms with Gasteiger partial charge in [-0.25, -0.2) is 9.97 Å². The summed E-state index contributed by atoms with van der Waals surface area (Å²) in [6.07, 6.45) is 1.69. The van der Waals surface area contributed by atoms with Crippen LogP contribution in [0.15, 0.2) is 22.4 Å². The molecule has 6 nitrogen and oxygen atoms in total. The Kier molecular flexibility index (Phi) is 3.75. The third kappa shape index (κ3) is 2.87. The lowest BCUT2D eigenvalue weighted by Gasteiger charge is -2.10. The van der Waals surface area contributed by atoms with Crippen molar-refractivity contribution in [2.75, 3.05) is 0 Å². The van der Waals surface area contributed by atoms with Gasteiger partial charge in [-0.05, 0) is 44.2 Å². The fourth-order valence-electron chi connectivity index (χ4n) is 1.54. The number of nitrogens with zero attached hydrogens (tertiary/aromatic N) is 4. The van der Waals surface area contributed by atoms with Gasteiger partial charge in [-0.2, -0.15) is 5.10 Å². The molecule has 98 valence electrons. The summed E-state index contributed by atoms with van der Waals surface area (Å²) in [5, 5.41) is 17.0. The molecule has 19 heavy (non-hydrogen) atoms. The number of aromatic nitrogens is 4. The zero-order chi connectivity index (χ0) is 14.0. The topological polar surface area (TPSA) is 101 Å². The van der Waals surface area contributed by atoms with Gasteiger partial charge in [-0.15, -0.1) is 5.10 Å². The fourth-order valence-corrected chi connectivity index (χ4v) is 2.46. The number of rotatable bonds is 3. The van der Waals surface area contributed by atoms with E-state index in [1.807, 2.05) is 26.8 Å². The van der Waals surface area contributed by atoms with E-state index in [9.17, 15) is 0 Å². The van der Waals surface area contributed by atoms with Crippen molar-refractivity contribution in [3.63, 3.8) is 0 Å². The van der Waals surface area contributed by atoms with Crippen LogP contribution in [0.5, 0.6) is 0 Å². The number of hydrogen-bond acceptors (Lipinski definition) is 6. The van der Waals surface area contributed by atoms with Crippen LogP contribution >= 0.6 is 11.8 Å². The van der Waals surface area contributed by atoms with Crippen LogP contribution in [0.25, 0.3) is 0 Å². The summed E-state index contributed by atoms with van der Waals surface area (Å²) in [7, 11) is 0. The predicted octanol–water partition coefficient (Wildman–Crippen LogP) is 1.63. The first-order valence-electron chi connectivity index (χ1n) is 5.65. The predicted molar refractivity (Wildman–Crippen MR) is 73.4 cm³/mol. The minimum Gasteiger partial charge on any atom is -0.384 e. The summed E-state index contributed by atoms with van der Waals surface area (Å²) in [4.78, 5) is 8.45. The molecule has 0 bridgehead atoms. The van der Waals surface area contributed by atoms with Crippen LogP contribution in [-0.4, -0.2) is 26.0 Å². The maximum Gasteiger partial charge on any atom is 0.194 e. The van der Waals surface area contributed by atoms with E-state index in [-0.39, 0.29) is 5.84 Å². The van der Waals surface area contributed by atoms with Gasteiger partial charge in [0.2, 0.25) is 0 Å². The van der Waals surface area contributed by atoms with Crippen molar-refractivity contribution in [1.29, 1.82) is 5.41 Å². The quantitative estimate of drug-likeness (QED) is 0.501. The standard InChI is InChI=1S/C12H14N6S/c1-6-4-5-15-12(16-6)19-11-9(10(13)14)7(2)8(3)17-18-11/h4-5H,1-3H3,(H3,13,14). The van der Waals surface area contributed by atoms with Crippen LogP contribution in [0.1, 0.15) is 22.5 Å². The molecule has 0 saturated carbocycles. The fraction of sp³-hybridized carbons (Fsp3) is 0.250. The van der Waals surface area contributed by atoms with E-state index in [1.54, 1.807) is 6.20 Å². The van der Waals surface area contributed by atoms with Crippen LogP contribution in [0.2, 0.25) is 0 Å². The van der Waals surface area contributed by atoms with Gasteiger partial charge in [0.1, 0.15) is 10.9 Å². The van der Waals surface area contributed by atoms with E-state index in [1.165, 1.54) is 11.8 Å². The Labute approximate surface area is 115 Å². The molecule has 2 heterocycles. The molecular formula is C12H14N6S.